The largest absolute Gasteiger partial charge is 0.309 e. The van der Waals surface area contributed by atoms with Crippen molar-refractivity contribution in [1.29, 1.82) is 0 Å². The van der Waals surface area contributed by atoms with Gasteiger partial charge in [-0.3, -0.25) is 4.57 Å². The number of benzene rings is 20. The van der Waals surface area contributed by atoms with Crippen LogP contribution in [0.1, 0.15) is 0 Å². The van der Waals surface area contributed by atoms with Crippen LogP contribution in [-0.2, 0) is 0 Å². The summed E-state index contributed by atoms with van der Waals surface area (Å²) >= 11 is 0. The summed E-state index contributed by atoms with van der Waals surface area (Å²) < 4.78 is 11.7. The number of pyridine rings is 1. The van der Waals surface area contributed by atoms with Gasteiger partial charge in [-0.05, 0) is 215 Å². The number of hydrogen-bond acceptors (Lipinski definition) is 10. The molecule has 0 fully saturated rings. The van der Waals surface area contributed by atoms with E-state index in [4.69, 9.17) is 49.8 Å². The summed E-state index contributed by atoms with van der Waals surface area (Å²) in [5.41, 5.74) is 30.9. The van der Waals surface area contributed by atoms with Crippen molar-refractivity contribution in [2.75, 3.05) is 0 Å². The molecule has 0 aliphatic rings. The van der Waals surface area contributed by atoms with Gasteiger partial charge in [0.15, 0.2) is 52.4 Å². The van der Waals surface area contributed by atoms with Crippen LogP contribution in [0, 0.1) is 0 Å². The lowest BCUT2D eigenvalue weighted by Gasteiger charge is -2.11. The molecular weight excluding hydrogens is 1820 g/mol. The molecule has 0 unspecified atom stereocenters. The van der Waals surface area contributed by atoms with E-state index in [1.807, 2.05) is 188 Å². The first-order valence-corrected chi connectivity index (χ1v) is 50.0. The van der Waals surface area contributed by atoms with Crippen molar-refractivity contribution in [3.63, 3.8) is 0 Å². The van der Waals surface area contributed by atoms with E-state index in [1.165, 1.54) is 65.2 Å². The van der Waals surface area contributed by atoms with Gasteiger partial charge in [-0.25, -0.2) is 49.8 Å². The highest BCUT2D eigenvalue weighted by Crippen LogP contribution is 2.46. The SMILES string of the molecule is c1ccc(-c2nc(-c3ccccc3)nc(-c3ccc(-n4c5ccc(-c6ccc7c(c6)c6ccccc6n7-c6ccccc6)cc5c5cc(-c6ccc7c(c6)c6ccccc6n7-c6ccccc6)ccc54)nc3)n2)cc1.c1ccc(-c2nc(-c3ccccc3)nc(-c3ccc(-n4c5ccccc5c5cc(-c6ccc7c(c6)c6ccccc6n7-c6ccc(-c7nc(-c8ccccc8)nc(-c8ccccc8)n7)cc6)ccc54)cc3)n2)cc1. The summed E-state index contributed by atoms with van der Waals surface area (Å²) in [7, 11) is 0. The van der Waals surface area contributed by atoms with Gasteiger partial charge >= 0.3 is 0 Å². The lowest BCUT2D eigenvalue weighted by atomic mass is 9.98. The lowest BCUT2D eigenvalue weighted by molar-refractivity contribution is 1.05. The van der Waals surface area contributed by atoms with E-state index in [-0.39, 0.29) is 0 Å². The fourth-order valence-corrected chi connectivity index (χ4v) is 21.5. The van der Waals surface area contributed by atoms with Crippen LogP contribution in [0.5, 0.6) is 0 Å². The summed E-state index contributed by atoms with van der Waals surface area (Å²) in [5, 5.41) is 11.9. The molecule has 15 heteroatoms. The van der Waals surface area contributed by atoms with Gasteiger partial charge in [-0.2, -0.15) is 0 Å². The van der Waals surface area contributed by atoms with Crippen molar-refractivity contribution in [3.05, 3.63) is 516 Å². The zero-order valence-electron chi connectivity index (χ0n) is 80.3. The molecule has 9 heterocycles. The monoisotopic (exact) mass is 1900 g/mol. The molecule has 0 saturated heterocycles. The zero-order valence-corrected chi connectivity index (χ0v) is 80.3. The molecule has 29 aromatic rings. The lowest BCUT2D eigenvalue weighted by Crippen LogP contribution is -2.01. The van der Waals surface area contributed by atoms with Crippen LogP contribution < -0.4 is 0 Å². The predicted molar refractivity (Wildman–Crippen MR) is 608 cm³/mol. The molecule has 149 heavy (non-hydrogen) atoms. The number of nitrogens with zero attached hydrogens (tertiary/aromatic N) is 15. The molecule has 0 aliphatic carbocycles. The first kappa shape index (κ1) is 86.5. The Morgan fingerprint density at radius 3 is 0.510 bits per heavy atom. The molecule has 0 bridgehead atoms. The van der Waals surface area contributed by atoms with E-state index >= 15 is 0 Å². The van der Waals surface area contributed by atoms with Crippen molar-refractivity contribution in [2.24, 2.45) is 0 Å². The number of para-hydroxylation sites is 6. The second-order valence-corrected chi connectivity index (χ2v) is 37.4. The van der Waals surface area contributed by atoms with Gasteiger partial charge in [0.1, 0.15) is 5.82 Å². The standard InChI is InChI=1S/C68H43N7.C66H42N8/c1-5-17-44(18-6-1)66-70-67(45-19-7-2-8-20-45)72-68(71-66)50-33-38-65(69-43-50)75-63-36-31-48(46-29-34-61-55(39-46)53-25-13-15-27-59(53)73(61)51-21-9-3-10-22-51)41-57(63)58-42-49(32-37-64(58)75)47-30-35-62-56(40-47)54-26-14-16-28-60(54)74(62)52-23-11-4-12-24-52;1-5-17-43(18-6-1)61-67-62(44-19-7-2-8-20-44)70-65(69-61)47-29-35-51(36-30-47)73-57-27-15-13-25-53(57)55-41-49(33-39-59(55)73)50-34-40-60-56(42-50)54-26-14-16-28-58(54)74(60)52-37-31-48(32-38-52)66-71-63(45-21-9-3-10-22-45)68-64(72-66)46-23-11-4-12-24-46/h1-43H;1-42H. The van der Waals surface area contributed by atoms with Crippen LogP contribution >= 0.6 is 0 Å². The summed E-state index contributed by atoms with van der Waals surface area (Å²) in [6.07, 6.45) is 1.89. The van der Waals surface area contributed by atoms with E-state index < -0.39 is 0 Å². The Kier molecular flexibility index (Phi) is 21.2. The minimum Gasteiger partial charge on any atom is -0.309 e. The minimum absolute atomic E-state index is 0.561. The molecule has 20 aromatic carbocycles. The molecule has 0 radical (unpaired) electrons. The Morgan fingerprint density at radius 1 is 0.114 bits per heavy atom. The maximum absolute atomic E-state index is 5.20. The van der Waals surface area contributed by atoms with Crippen LogP contribution in [-0.4, -0.2) is 72.7 Å². The van der Waals surface area contributed by atoms with Crippen LogP contribution in [0.2, 0.25) is 0 Å². The summed E-state index contributed by atoms with van der Waals surface area (Å²) in [4.78, 5) is 49.8. The minimum atomic E-state index is 0.561. The van der Waals surface area contributed by atoms with Gasteiger partial charge in [0.05, 0.1) is 55.2 Å². The molecule has 0 aliphatic heterocycles. The second-order valence-electron chi connectivity index (χ2n) is 37.4. The summed E-state index contributed by atoms with van der Waals surface area (Å²) in [6.45, 7) is 0. The second kappa shape index (κ2) is 36.5. The number of fused-ring (bicyclic) bond motifs is 15. The average Bonchev–Trinajstić information content (AvgIpc) is 1.57. The summed E-state index contributed by atoms with van der Waals surface area (Å²) in [5.74, 6) is 6.39. The van der Waals surface area contributed by atoms with Gasteiger partial charge in [0, 0.05) is 133 Å². The van der Waals surface area contributed by atoms with E-state index in [9.17, 15) is 0 Å². The van der Waals surface area contributed by atoms with E-state index in [2.05, 4.69) is 350 Å². The predicted octanol–water partition coefficient (Wildman–Crippen LogP) is 32.8. The van der Waals surface area contributed by atoms with Crippen LogP contribution in [0.4, 0.5) is 0 Å². The third-order valence-electron chi connectivity index (χ3n) is 28.6. The fraction of sp³-hybridized carbons (Fsp3) is 0. The Balaban J connectivity index is 0.000000143. The highest BCUT2D eigenvalue weighted by molar-refractivity contribution is 6.17. The number of aromatic nitrogens is 15. The van der Waals surface area contributed by atoms with Gasteiger partial charge in [-0.1, -0.05) is 328 Å². The zero-order chi connectivity index (χ0) is 98.4. The number of hydrogen-bond donors (Lipinski definition) is 0. The van der Waals surface area contributed by atoms with Crippen LogP contribution in [0.3, 0.4) is 0 Å². The summed E-state index contributed by atoms with van der Waals surface area (Å²) in [6, 6.07) is 179. The Morgan fingerprint density at radius 2 is 0.282 bits per heavy atom. The van der Waals surface area contributed by atoms with E-state index in [1.54, 1.807) is 0 Å². The van der Waals surface area contributed by atoms with Gasteiger partial charge in [-0.15, -0.1) is 0 Å². The van der Waals surface area contributed by atoms with E-state index in [0.717, 1.165) is 156 Å². The van der Waals surface area contributed by atoms with E-state index in [0.29, 0.717) is 52.4 Å². The molecule has 9 aromatic heterocycles. The maximum Gasteiger partial charge on any atom is 0.165 e. The average molecular weight is 1910 g/mol. The first-order valence-electron chi connectivity index (χ1n) is 50.0. The Bertz CT molecular complexity index is 9550. The quantitative estimate of drug-likeness (QED) is 0.0861. The third kappa shape index (κ3) is 15.6. The molecule has 15 nitrogen and oxygen atoms in total. The first-order chi connectivity index (χ1) is 73.8. The molecule has 29 rings (SSSR count). The fourth-order valence-electron chi connectivity index (χ4n) is 21.5. The van der Waals surface area contributed by atoms with Gasteiger partial charge < -0.3 is 18.3 Å². The Hall–Kier alpha value is -20.4. The molecule has 0 atom stereocenters. The smallest absolute Gasteiger partial charge is 0.165 e. The van der Waals surface area contributed by atoms with Crippen molar-refractivity contribution in [2.45, 2.75) is 0 Å². The van der Waals surface area contributed by atoms with Crippen molar-refractivity contribution in [1.82, 2.24) is 72.7 Å². The van der Waals surface area contributed by atoms with Gasteiger partial charge in [0.2, 0.25) is 0 Å². The highest BCUT2D eigenvalue weighted by Gasteiger charge is 2.26. The molecule has 0 N–H and O–H groups in total. The molecule has 0 spiro atoms. The van der Waals surface area contributed by atoms with Crippen molar-refractivity contribution >= 4 is 109 Å². The van der Waals surface area contributed by atoms with Gasteiger partial charge in [0.25, 0.3) is 0 Å². The number of rotatable bonds is 17. The molecule has 0 amide bonds. The van der Waals surface area contributed by atoms with Crippen molar-refractivity contribution in [3.8, 4) is 164 Å². The Labute approximate surface area is 856 Å². The topological polar surface area (TPSA) is 154 Å². The normalized spacial score (nSPS) is 11.6. The molecular formula is C134H85N15. The molecule has 696 valence electrons. The van der Waals surface area contributed by atoms with Crippen LogP contribution in [0.25, 0.3) is 273 Å². The van der Waals surface area contributed by atoms with Crippen molar-refractivity contribution < 1.29 is 0 Å². The molecule has 0 saturated carbocycles. The maximum atomic E-state index is 5.20. The highest BCUT2D eigenvalue weighted by atomic mass is 15.1. The third-order valence-corrected chi connectivity index (χ3v) is 28.6. The van der Waals surface area contributed by atoms with Crippen LogP contribution in [0.15, 0.2) is 516 Å².